The Hall–Kier alpha value is -0.820. The summed E-state index contributed by atoms with van der Waals surface area (Å²) in [5.74, 6) is 0.624. The molecule has 0 aliphatic carbocycles. The van der Waals surface area contributed by atoms with Crippen molar-refractivity contribution in [3.8, 4) is 5.75 Å². The first kappa shape index (κ1) is 16.5. The van der Waals surface area contributed by atoms with Crippen molar-refractivity contribution in [3.63, 3.8) is 0 Å². The van der Waals surface area contributed by atoms with Gasteiger partial charge < -0.3 is 9.47 Å². The van der Waals surface area contributed by atoms with E-state index in [0.717, 1.165) is 5.56 Å². The van der Waals surface area contributed by atoms with Crippen LogP contribution in [-0.2, 0) is 20.6 Å². The summed E-state index contributed by atoms with van der Waals surface area (Å²) in [6.45, 7) is 4.79. The maximum absolute atomic E-state index is 12.8. The molecular weight excluding hydrogens is 314 g/mol. The number of nitrogens with zero attached hydrogens (tertiary/aromatic N) is 1. The monoisotopic (exact) mass is 333 g/mol. The Balaban J connectivity index is 2.39. The van der Waals surface area contributed by atoms with Crippen LogP contribution in [0.4, 0.5) is 0 Å². The van der Waals surface area contributed by atoms with Gasteiger partial charge in [0.2, 0.25) is 10.0 Å². The van der Waals surface area contributed by atoms with E-state index in [1.54, 1.807) is 18.2 Å². The number of rotatable bonds is 4. The number of alkyl halides is 1. The Kier molecular flexibility index (Phi) is 4.82. The quantitative estimate of drug-likeness (QED) is 0.793. The van der Waals surface area contributed by atoms with Gasteiger partial charge in [-0.15, -0.1) is 11.6 Å². The van der Waals surface area contributed by atoms with Crippen LogP contribution in [0.25, 0.3) is 0 Å². The van der Waals surface area contributed by atoms with Crippen LogP contribution in [0.1, 0.15) is 19.4 Å². The molecule has 0 atom stereocenters. The van der Waals surface area contributed by atoms with Crippen LogP contribution in [-0.4, -0.2) is 45.1 Å². The number of ether oxygens (including phenoxy) is 2. The maximum Gasteiger partial charge on any atom is 0.246 e. The molecule has 5 nitrogen and oxygen atoms in total. The van der Waals surface area contributed by atoms with Gasteiger partial charge in [-0.1, -0.05) is 6.07 Å². The first-order valence-electron chi connectivity index (χ1n) is 6.67. The van der Waals surface area contributed by atoms with E-state index in [1.165, 1.54) is 11.4 Å². The zero-order chi connectivity index (χ0) is 15.7. The second kappa shape index (κ2) is 6.12. The zero-order valence-corrected chi connectivity index (χ0v) is 14.0. The van der Waals surface area contributed by atoms with Crippen LogP contribution in [0.15, 0.2) is 23.1 Å². The summed E-state index contributed by atoms with van der Waals surface area (Å²) < 4.78 is 37.8. The van der Waals surface area contributed by atoms with Gasteiger partial charge in [0.25, 0.3) is 0 Å². The molecule has 0 saturated carbocycles. The van der Waals surface area contributed by atoms with Crippen LogP contribution < -0.4 is 4.74 Å². The van der Waals surface area contributed by atoms with E-state index in [2.05, 4.69) is 0 Å². The number of benzene rings is 1. The van der Waals surface area contributed by atoms with E-state index in [-0.39, 0.29) is 4.90 Å². The lowest BCUT2D eigenvalue weighted by Gasteiger charge is -2.37. The Morgan fingerprint density at radius 3 is 2.71 bits per heavy atom. The summed E-state index contributed by atoms with van der Waals surface area (Å²) in [6.07, 6.45) is 0. The highest BCUT2D eigenvalue weighted by atomic mass is 35.5. The lowest BCUT2D eigenvalue weighted by Crippen LogP contribution is -2.50. The fraction of sp³-hybridized carbons (Fsp3) is 0.571. The molecule has 2 rings (SSSR count). The molecule has 1 saturated heterocycles. The Bertz CT molecular complexity index is 615. The minimum Gasteiger partial charge on any atom is -0.495 e. The number of morpholine rings is 1. The Morgan fingerprint density at radius 2 is 2.14 bits per heavy atom. The van der Waals surface area contributed by atoms with Gasteiger partial charge in [-0.2, -0.15) is 4.31 Å². The van der Waals surface area contributed by atoms with Crippen LogP contribution in [0.2, 0.25) is 0 Å². The van der Waals surface area contributed by atoms with Crippen molar-refractivity contribution in [2.24, 2.45) is 0 Å². The van der Waals surface area contributed by atoms with Crippen molar-refractivity contribution in [1.29, 1.82) is 0 Å². The summed E-state index contributed by atoms with van der Waals surface area (Å²) in [5, 5.41) is 0. The molecular formula is C14H20ClNO4S. The molecule has 7 heteroatoms. The number of halogens is 1. The first-order chi connectivity index (χ1) is 9.80. The van der Waals surface area contributed by atoms with Gasteiger partial charge in [0.15, 0.2) is 0 Å². The molecule has 0 unspecified atom stereocenters. The minimum absolute atomic E-state index is 0.163. The van der Waals surface area contributed by atoms with E-state index >= 15 is 0 Å². The first-order valence-corrected chi connectivity index (χ1v) is 8.64. The van der Waals surface area contributed by atoms with Gasteiger partial charge in [-0.3, -0.25) is 0 Å². The molecule has 0 N–H and O–H groups in total. The van der Waals surface area contributed by atoms with Gasteiger partial charge >= 0.3 is 0 Å². The lowest BCUT2D eigenvalue weighted by molar-refractivity contribution is -0.0640. The predicted octanol–water partition coefficient (Wildman–Crippen LogP) is 2.23. The van der Waals surface area contributed by atoms with Crippen molar-refractivity contribution < 1.29 is 17.9 Å². The number of methoxy groups -OCH3 is 1. The molecule has 0 radical (unpaired) electrons. The highest BCUT2D eigenvalue weighted by Gasteiger charge is 2.36. The molecule has 0 spiro atoms. The normalized spacial score (nSPS) is 19.4. The summed E-state index contributed by atoms with van der Waals surface area (Å²) in [6, 6.07) is 4.91. The van der Waals surface area contributed by atoms with Crippen LogP contribution in [0.3, 0.4) is 0 Å². The van der Waals surface area contributed by atoms with Crippen LogP contribution in [0.5, 0.6) is 5.75 Å². The number of hydrogen-bond acceptors (Lipinski definition) is 4. The average Bonchev–Trinajstić information content (AvgIpc) is 2.45. The van der Waals surface area contributed by atoms with Crippen molar-refractivity contribution in [3.05, 3.63) is 23.8 Å². The topological polar surface area (TPSA) is 55.8 Å². The minimum atomic E-state index is -3.62. The second-order valence-electron chi connectivity index (χ2n) is 5.57. The van der Waals surface area contributed by atoms with Gasteiger partial charge in [0.1, 0.15) is 10.6 Å². The molecule has 1 aliphatic rings. The fourth-order valence-electron chi connectivity index (χ4n) is 2.33. The van der Waals surface area contributed by atoms with Crippen LogP contribution in [0, 0.1) is 0 Å². The standard InChI is InChI=1S/C14H20ClNO4S/c1-14(2)10-16(6-7-20-14)21(17,18)13-5-4-11(9-15)8-12(13)19-3/h4-5,8H,6-7,9-10H2,1-3H3. The van der Waals surface area contributed by atoms with E-state index < -0.39 is 15.6 Å². The summed E-state index contributed by atoms with van der Waals surface area (Å²) in [7, 11) is -2.16. The molecule has 1 fully saturated rings. The van der Waals surface area contributed by atoms with Gasteiger partial charge in [0.05, 0.1) is 19.3 Å². The highest BCUT2D eigenvalue weighted by Crippen LogP contribution is 2.30. The van der Waals surface area contributed by atoms with Crippen molar-refractivity contribution >= 4 is 21.6 Å². The van der Waals surface area contributed by atoms with E-state index in [1.807, 2.05) is 13.8 Å². The van der Waals surface area contributed by atoms with Crippen molar-refractivity contribution in [2.75, 3.05) is 26.8 Å². The third-order valence-corrected chi connectivity index (χ3v) is 5.58. The van der Waals surface area contributed by atoms with E-state index in [4.69, 9.17) is 21.1 Å². The zero-order valence-electron chi connectivity index (χ0n) is 12.4. The third kappa shape index (κ3) is 3.51. The molecule has 21 heavy (non-hydrogen) atoms. The van der Waals surface area contributed by atoms with Gasteiger partial charge in [-0.05, 0) is 31.5 Å². The smallest absolute Gasteiger partial charge is 0.246 e. The summed E-state index contributed by atoms with van der Waals surface area (Å²) in [5.41, 5.74) is 0.323. The molecule has 1 aromatic carbocycles. The lowest BCUT2D eigenvalue weighted by atomic mass is 10.1. The Morgan fingerprint density at radius 1 is 1.43 bits per heavy atom. The SMILES string of the molecule is COc1cc(CCl)ccc1S(=O)(=O)N1CCOC(C)(C)C1. The second-order valence-corrected chi connectivity index (χ2v) is 7.74. The Labute approximate surface area is 130 Å². The van der Waals surface area contributed by atoms with E-state index in [9.17, 15) is 8.42 Å². The maximum atomic E-state index is 12.8. The summed E-state index contributed by atoms with van der Waals surface area (Å²) >= 11 is 5.78. The van der Waals surface area contributed by atoms with Crippen LogP contribution >= 0.6 is 11.6 Å². The molecule has 0 aromatic heterocycles. The average molecular weight is 334 g/mol. The number of sulfonamides is 1. The van der Waals surface area contributed by atoms with Gasteiger partial charge in [-0.25, -0.2) is 8.42 Å². The van der Waals surface area contributed by atoms with Gasteiger partial charge in [0, 0.05) is 19.0 Å². The van der Waals surface area contributed by atoms with Crippen molar-refractivity contribution in [1.82, 2.24) is 4.31 Å². The molecule has 1 heterocycles. The third-order valence-electron chi connectivity index (χ3n) is 3.39. The predicted molar refractivity (Wildman–Crippen MR) is 81.3 cm³/mol. The molecule has 0 bridgehead atoms. The number of hydrogen-bond donors (Lipinski definition) is 0. The molecule has 0 amide bonds. The molecule has 118 valence electrons. The van der Waals surface area contributed by atoms with Crippen molar-refractivity contribution in [2.45, 2.75) is 30.2 Å². The molecule has 1 aliphatic heterocycles. The highest BCUT2D eigenvalue weighted by molar-refractivity contribution is 7.89. The molecule has 1 aromatic rings. The fourth-order valence-corrected chi connectivity index (χ4v) is 4.20. The van der Waals surface area contributed by atoms with E-state index in [0.29, 0.717) is 31.3 Å². The summed E-state index contributed by atoms with van der Waals surface area (Å²) in [4.78, 5) is 0.163. The largest absolute Gasteiger partial charge is 0.495 e.